The van der Waals surface area contributed by atoms with E-state index in [0.717, 1.165) is 13.2 Å². The summed E-state index contributed by atoms with van der Waals surface area (Å²) >= 11 is 0. The molecule has 0 radical (unpaired) electrons. The van der Waals surface area contributed by atoms with Gasteiger partial charge in [0.2, 0.25) is 5.88 Å². The van der Waals surface area contributed by atoms with Crippen LogP contribution in [0.1, 0.15) is 12.0 Å². The molecule has 1 aromatic rings. The summed E-state index contributed by atoms with van der Waals surface area (Å²) in [5, 5.41) is 11.0. The average molecular weight is 305 g/mol. The summed E-state index contributed by atoms with van der Waals surface area (Å²) in [7, 11) is 1.12. The lowest BCUT2D eigenvalue weighted by Crippen LogP contribution is -2.36. The van der Waals surface area contributed by atoms with Gasteiger partial charge in [0.1, 0.15) is 5.56 Å². The van der Waals surface area contributed by atoms with Crippen molar-refractivity contribution in [1.29, 1.82) is 0 Å². The Hall–Kier alpha value is -2.19. The van der Waals surface area contributed by atoms with Crippen molar-refractivity contribution in [1.82, 2.24) is 10.3 Å². The van der Waals surface area contributed by atoms with Gasteiger partial charge in [-0.3, -0.25) is 0 Å². The van der Waals surface area contributed by atoms with Crippen LogP contribution >= 0.6 is 0 Å². The predicted octanol–water partition coefficient (Wildman–Crippen LogP) is 1.96. The summed E-state index contributed by atoms with van der Waals surface area (Å²) in [6.07, 6.45) is -3.89. The molecule has 0 saturated carbocycles. The standard InChI is InChI=1S/C12H14F3N3O3/c1-21-10-9(12(13,14)15)4-8(5-16-10)18-3-2-7(6-18)17-11(19)20/h4-5,7,17H,2-3,6H2,1H3,(H,19,20)/t7-/m1/s1. The van der Waals surface area contributed by atoms with E-state index in [0.29, 0.717) is 19.5 Å². The van der Waals surface area contributed by atoms with E-state index in [-0.39, 0.29) is 11.7 Å². The summed E-state index contributed by atoms with van der Waals surface area (Å²) in [5.74, 6) is -0.481. The Kier molecular flexibility index (Phi) is 4.10. The van der Waals surface area contributed by atoms with Crippen molar-refractivity contribution in [3.8, 4) is 5.88 Å². The van der Waals surface area contributed by atoms with E-state index in [1.165, 1.54) is 6.20 Å². The van der Waals surface area contributed by atoms with Crippen LogP contribution in [0, 0.1) is 0 Å². The Bertz CT molecular complexity index is 536. The number of methoxy groups -OCH3 is 1. The van der Waals surface area contributed by atoms with Crippen LogP contribution in [0.4, 0.5) is 23.7 Å². The Morgan fingerprint density at radius 2 is 2.29 bits per heavy atom. The molecule has 1 aliphatic rings. The van der Waals surface area contributed by atoms with Crippen LogP contribution in [0.15, 0.2) is 12.3 Å². The minimum atomic E-state index is -4.56. The third kappa shape index (κ3) is 3.47. The highest BCUT2D eigenvalue weighted by atomic mass is 19.4. The van der Waals surface area contributed by atoms with Crippen molar-refractivity contribution in [2.45, 2.75) is 18.6 Å². The van der Waals surface area contributed by atoms with Crippen molar-refractivity contribution in [2.75, 3.05) is 25.1 Å². The molecular formula is C12H14F3N3O3. The summed E-state index contributed by atoms with van der Waals surface area (Å²) in [6.45, 7) is 0.758. The van der Waals surface area contributed by atoms with Crippen molar-refractivity contribution in [2.24, 2.45) is 0 Å². The fourth-order valence-corrected chi connectivity index (χ4v) is 2.27. The number of hydrogen-bond donors (Lipinski definition) is 2. The highest BCUT2D eigenvalue weighted by molar-refractivity contribution is 5.65. The van der Waals surface area contributed by atoms with E-state index < -0.39 is 23.7 Å². The molecule has 1 aromatic heterocycles. The van der Waals surface area contributed by atoms with Crippen LogP contribution < -0.4 is 15.0 Å². The van der Waals surface area contributed by atoms with Crippen molar-refractivity contribution in [3.05, 3.63) is 17.8 Å². The normalized spacial score (nSPS) is 18.7. The highest BCUT2D eigenvalue weighted by Gasteiger charge is 2.36. The zero-order valence-electron chi connectivity index (χ0n) is 11.1. The smallest absolute Gasteiger partial charge is 0.421 e. The van der Waals surface area contributed by atoms with E-state index in [2.05, 4.69) is 15.0 Å². The first kappa shape index (κ1) is 15.2. The number of rotatable bonds is 3. The van der Waals surface area contributed by atoms with Crippen LogP contribution in [-0.2, 0) is 6.18 Å². The molecule has 2 N–H and O–H groups in total. The second-order valence-corrected chi connectivity index (χ2v) is 4.63. The molecule has 116 valence electrons. The van der Waals surface area contributed by atoms with Gasteiger partial charge in [0.25, 0.3) is 0 Å². The van der Waals surface area contributed by atoms with Gasteiger partial charge in [0, 0.05) is 13.1 Å². The van der Waals surface area contributed by atoms with Crippen LogP contribution in [-0.4, -0.2) is 42.4 Å². The van der Waals surface area contributed by atoms with E-state index in [9.17, 15) is 18.0 Å². The van der Waals surface area contributed by atoms with Gasteiger partial charge in [-0.25, -0.2) is 9.78 Å². The number of anilines is 1. The highest BCUT2D eigenvalue weighted by Crippen LogP contribution is 2.37. The van der Waals surface area contributed by atoms with Crippen LogP contribution in [0.2, 0.25) is 0 Å². The number of carboxylic acid groups (broad SMARTS) is 1. The van der Waals surface area contributed by atoms with Crippen molar-refractivity contribution in [3.63, 3.8) is 0 Å². The maximum Gasteiger partial charge on any atom is 0.421 e. The Morgan fingerprint density at radius 3 is 2.86 bits per heavy atom. The maximum atomic E-state index is 12.9. The van der Waals surface area contributed by atoms with Gasteiger partial charge < -0.3 is 20.1 Å². The molecule has 1 atom stereocenters. The molecule has 9 heteroatoms. The molecule has 0 bridgehead atoms. The van der Waals surface area contributed by atoms with Gasteiger partial charge in [0.15, 0.2) is 0 Å². The van der Waals surface area contributed by atoms with Gasteiger partial charge in [-0.2, -0.15) is 13.2 Å². The Morgan fingerprint density at radius 1 is 1.57 bits per heavy atom. The van der Waals surface area contributed by atoms with Crippen LogP contribution in [0.3, 0.4) is 0 Å². The zero-order valence-corrected chi connectivity index (χ0v) is 11.1. The molecular weight excluding hydrogens is 291 g/mol. The summed E-state index contributed by atoms with van der Waals surface area (Å²) in [5.41, 5.74) is -0.657. The van der Waals surface area contributed by atoms with E-state index in [4.69, 9.17) is 5.11 Å². The first-order valence-corrected chi connectivity index (χ1v) is 6.17. The molecule has 0 aromatic carbocycles. The quantitative estimate of drug-likeness (QED) is 0.893. The first-order valence-electron chi connectivity index (χ1n) is 6.17. The molecule has 1 saturated heterocycles. The van der Waals surface area contributed by atoms with Gasteiger partial charge in [0.05, 0.1) is 25.0 Å². The van der Waals surface area contributed by atoms with Gasteiger partial charge >= 0.3 is 12.3 Å². The third-order valence-electron chi connectivity index (χ3n) is 3.22. The minimum absolute atomic E-state index is 0.290. The molecule has 0 aliphatic carbocycles. The van der Waals surface area contributed by atoms with E-state index in [1.54, 1.807) is 4.90 Å². The Labute approximate surface area is 118 Å². The fourth-order valence-electron chi connectivity index (χ4n) is 2.27. The number of halogens is 3. The molecule has 1 aliphatic heterocycles. The van der Waals surface area contributed by atoms with Crippen molar-refractivity contribution < 1.29 is 27.8 Å². The van der Waals surface area contributed by atoms with Gasteiger partial charge in [-0.15, -0.1) is 0 Å². The van der Waals surface area contributed by atoms with Crippen LogP contribution in [0.5, 0.6) is 5.88 Å². The number of amides is 1. The molecule has 2 heterocycles. The largest absolute Gasteiger partial charge is 0.481 e. The molecule has 1 amide bonds. The average Bonchev–Trinajstić information content (AvgIpc) is 2.84. The molecule has 0 unspecified atom stereocenters. The number of nitrogens with zero attached hydrogens (tertiary/aromatic N) is 2. The van der Waals surface area contributed by atoms with Gasteiger partial charge in [-0.05, 0) is 12.5 Å². The van der Waals surface area contributed by atoms with E-state index in [1.807, 2.05) is 0 Å². The zero-order chi connectivity index (χ0) is 15.6. The predicted molar refractivity (Wildman–Crippen MR) is 67.6 cm³/mol. The molecule has 2 rings (SSSR count). The summed E-state index contributed by atoms with van der Waals surface area (Å²) in [6, 6.07) is 0.661. The second kappa shape index (κ2) is 5.66. The molecule has 6 nitrogen and oxygen atoms in total. The van der Waals surface area contributed by atoms with Crippen molar-refractivity contribution >= 4 is 11.8 Å². The minimum Gasteiger partial charge on any atom is -0.481 e. The SMILES string of the molecule is COc1ncc(N2CC[C@@H](NC(=O)O)C2)cc1C(F)(F)F. The first-order chi connectivity index (χ1) is 9.81. The summed E-state index contributed by atoms with van der Waals surface area (Å²) in [4.78, 5) is 15.9. The molecule has 1 fully saturated rings. The molecule has 0 spiro atoms. The number of nitrogens with one attached hydrogen (secondary N) is 1. The fraction of sp³-hybridized carbons (Fsp3) is 0.500. The lowest BCUT2D eigenvalue weighted by Gasteiger charge is -2.20. The van der Waals surface area contributed by atoms with Gasteiger partial charge in [-0.1, -0.05) is 0 Å². The molecule has 21 heavy (non-hydrogen) atoms. The number of alkyl halides is 3. The van der Waals surface area contributed by atoms with E-state index >= 15 is 0 Å². The lowest BCUT2D eigenvalue weighted by molar-refractivity contribution is -0.139. The third-order valence-corrected chi connectivity index (χ3v) is 3.22. The Balaban J connectivity index is 2.20. The van der Waals surface area contributed by atoms with Crippen LogP contribution in [0.25, 0.3) is 0 Å². The topological polar surface area (TPSA) is 74.7 Å². The monoisotopic (exact) mass is 305 g/mol. The maximum absolute atomic E-state index is 12.9. The second-order valence-electron chi connectivity index (χ2n) is 4.63. The number of carbonyl (C=O) groups is 1. The number of pyridine rings is 1. The number of ether oxygens (including phenoxy) is 1. The summed E-state index contributed by atoms with van der Waals surface area (Å²) < 4.78 is 43.4. The lowest BCUT2D eigenvalue weighted by atomic mass is 10.2. The number of aromatic nitrogens is 1. The number of hydrogen-bond acceptors (Lipinski definition) is 4.